The Morgan fingerprint density at radius 1 is 1.47 bits per heavy atom. The molecule has 0 aromatic heterocycles. The van der Waals surface area contributed by atoms with Crippen molar-refractivity contribution in [2.75, 3.05) is 12.8 Å². The molecule has 1 saturated carbocycles. The molecule has 0 spiro atoms. The second-order valence-corrected chi connectivity index (χ2v) is 4.31. The number of nitrogens with two attached hydrogens (primary N) is 1. The van der Waals surface area contributed by atoms with Crippen molar-refractivity contribution in [3.63, 3.8) is 0 Å². The fraction of sp³-hybridized carbons (Fsp3) is 0.500. The zero-order valence-electron chi connectivity index (χ0n) is 9.04. The van der Waals surface area contributed by atoms with Gasteiger partial charge < -0.3 is 5.73 Å². The van der Waals surface area contributed by atoms with Gasteiger partial charge in [-0.3, -0.25) is 4.90 Å². The molecule has 82 valence electrons. The van der Waals surface area contributed by atoms with Crippen LogP contribution in [0.15, 0.2) is 18.2 Å². The Labute approximate surface area is 89.9 Å². The van der Waals surface area contributed by atoms with Crippen LogP contribution in [0, 0.1) is 5.82 Å². The lowest BCUT2D eigenvalue weighted by Crippen LogP contribution is -2.36. The largest absolute Gasteiger partial charge is 0.396 e. The Kier molecular flexibility index (Phi) is 2.91. The summed E-state index contributed by atoms with van der Waals surface area (Å²) >= 11 is 0. The predicted molar refractivity (Wildman–Crippen MR) is 59.9 cm³/mol. The zero-order chi connectivity index (χ0) is 10.8. The smallest absolute Gasteiger partial charge is 0.146 e. The third kappa shape index (κ3) is 2.12. The lowest BCUT2D eigenvalue weighted by atomic mass is 9.91. The number of hydrogen-bond acceptors (Lipinski definition) is 2. The topological polar surface area (TPSA) is 29.3 Å². The first-order valence-corrected chi connectivity index (χ1v) is 5.41. The maximum Gasteiger partial charge on any atom is 0.146 e. The Morgan fingerprint density at radius 3 is 2.80 bits per heavy atom. The van der Waals surface area contributed by atoms with Crippen LogP contribution in [0.1, 0.15) is 24.8 Å². The van der Waals surface area contributed by atoms with Crippen LogP contribution in [0.3, 0.4) is 0 Å². The van der Waals surface area contributed by atoms with Gasteiger partial charge in [-0.25, -0.2) is 4.39 Å². The Morgan fingerprint density at radius 2 is 2.20 bits per heavy atom. The highest BCUT2D eigenvalue weighted by Gasteiger charge is 2.22. The van der Waals surface area contributed by atoms with E-state index >= 15 is 0 Å². The summed E-state index contributed by atoms with van der Waals surface area (Å²) in [6.45, 7) is 0.744. The van der Waals surface area contributed by atoms with Gasteiger partial charge >= 0.3 is 0 Å². The van der Waals surface area contributed by atoms with Gasteiger partial charge in [0, 0.05) is 12.6 Å². The third-order valence-corrected chi connectivity index (χ3v) is 3.26. The lowest BCUT2D eigenvalue weighted by molar-refractivity contribution is 0.153. The molecule has 0 bridgehead atoms. The second-order valence-electron chi connectivity index (χ2n) is 4.31. The number of para-hydroxylation sites is 1. The first-order chi connectivity index (χ1) is 7.18. The van der Waals surface area contributed by atoms with E-state index in [2.05, 4.69) is 11.9 Å². The van der Waals surface area contributed by atoms with Crippen LogP contribution in [-0.4, -0.2) is 18.0 Å². The Bertz CT molecular complexity index is 347. The van der Waals surface area contributed by atoms with Gasteiger partial charge in [0.2, 0.25) is 0 Å². The van der Waals surface area contributed by atoms with Gasteiger partial charge in [0.1, 0.15) is 5.82 Å². The average molecular weight is 208 g/mol. The van der Waals surface area contributed by atoms with Crippen molar-refractivity contribution in [2.45, 2.75) is 31.8 Å². The van der Waals surface area contributed by atoms with Crippen molar-refractivity contribution < 1.29 is 4.39 Å². The van der Waals surface area contributed by atoms with Crippen LogP contribution < -0.4 is 5.73 Å². The maximum atomic E-state index is 13.2. The van der Waals surface area contributed by atoms with E-state index in [9.17, 15) is 4.39 Å². The lowest BCUT2D eigenvalue weighted by Gasteiger charge is -2.34. The summed E-state index contributed by atoms with van der Waals surface area (Å²) in [5.74, 6) is -0.311. The number of rotatable bonds is 3. The summed E-state index contributed by atoms with van der Waals surface area (Å²) < 4.78 is 13.2. The van der Waals surface area contributed by atoms with Crippen LogP contribution in [0.25, 0.3) is 0 Å². The monoisotopic (exact) mass is 208 g/mol. The average Bonchev–Trinajstić information content (AvgIpc) is 2.10. The van der Waals surface area contributed by atoms with E-state index in [0.29, 0.717) is 11.7 Å². The standard InChI is InChI=1S/C12H17FN2/c1-15(10-5-3-6-10)8-9-4-2-7-11(13)12(9)14/h2,4,7,10H,3,5-6,8,14H2,1H3. The molecule has 2 rings (SSSR count). The molecule has 0 radical (unpaired) electrons. The van der Waals surface area contributed by atoms with E-state index in [-0.39, 0.29) is 5.82 Å². The van der Waals surface area contributed by atoms with Gasteiger partial charge in [-0.15, -0.1) is 0 Å². The highest BCUT2D eigenvalue weighted by atomic mass is 19.1. The molecule has 1 aromatic carbocycles. The van der Waals surface area contributed by atoms with Crippen LogP contribution >= 0.6 is 0 Å². The normalized spacial score (nSPS) is 16.7. The molecule has 0 amide bonds. The summed E-state index contributed by atoms with van der Waals surface area (Å²) in [6.07, 6.45) is 3.82. The molecule has 3 heteroatoms. The van der Waals surface area contributed by atoms with E-state index in [1.165, 1.54) is 25.3 Å². The van der Waals surface area contributed by atoms with Crippen molar-refractivity contribution in [1.82, 2.24) is 4.90 Å². The van der Waals surface area contributed by atoms with Gasteiger partial charge in [-0.2, -0.15) is 0 Å². The molecule has 1 aliphatic carbocycles. The van der Waals surface area contributed by atoms with Crippen molar-refractivity contribution in [3.05, 3.63) is 29.6 Å². The van der Waals surface area contributed by atoms with E-state index in [4.69, 9.17) is 5.73 Å². The number of benzene rings is 1. The van der Waals surface area contributed by atoms with Crippen molar-refractivity contribution in [1.29, 1.82) is 0 Å². The molecule has 1 aliphatic rings. The minimum absolute atomic E-state index is 0.295. The van der Waals surface area contributed by atoms with E-state index in [1.54, 1.807) is 6.07 Å². The fourth-order valence-electron chi connectivity index (χ4n) is 1.94. The number of anilines is 1. The molecule has 0 unspecified atom stereocenters. The summed E-state index contributed by atoms with van der Waals surface area (Å²) in [4.78, 5) is 2.26. The van der Waals surface area contributed by atoms with Crippen molar-refractivity contribution in [2.24, 2.45) is 0 Å². The molecular formula is C12H17FN2. The zero-order valence-corrected chi connectivity index (χ0v) is 9.04. The molecule has 0 atom stereocenters. The predicted octanol–water partition coefficient (Wildman–Crippen LogP) is 2.39. The minimum atomic E-state index is -0.311. The molecule has 0 saturated heterocycles. The highest BCUT2D eigenvalue weighted by Crippen LogP contribution is 2.26. The summed E-state index contributed by atoms with van der Waals surface area (Å²) in [6, 6.07) is 5.68. The van der Waals surface area contributed by atoms with Gasteiger partial charge in [0.15, 0.2) is 0 Å². The van der Waals surface area contributed by atoms with Crippen LogP contribution in [0.2, 0.25) is 0 Å². The van der Waals surface area contributed by atoms with Crippen LogP contribution in [0.5, 0.6) is 0 Å². The number of halogens is 1. The van der Waals surface area contributed by atoms with E-state index < -0.39 is 0 Å². The summed E-state index contributed by atoms with van der Waals surface area (Å²) in [5.41, 5.74) is 6.88. The molecule has 1 fully saturated rings. The van der Waals surface area contributed by atoms with Gasteiger partial charge in [0.05, 0.1) is 5.69 Å². The van der Waals surface area contributed by atoms with E-state index in [0.717, 1.165) is 12.1 Å². The van der Waals surface area contributed by atoms with Crippen molar-refractivity contribution in [3.8, 4) is 0 Å². The Balaban J connectivity index is 2.06. The first-order valence-electron chi connectivity index (χ1n) is 5.41. The molecular weight excluding hydrogens is 191 g/mol. The first kappa shape index (κ1) is 10.4. The molecule has 15 heavy (non-hydrogen) atoms. The number of nitrogen functional groups attached to an aromatic ring is 1. The number of hydrogen-bond donors (Lipinski definition) is 1. The van der Waals surface area contributed by atoms with E-state index in [1.807, 2.05) is 6.07 Å². The molecule has 1 aromatic rings. The summed E-state index contributed by atoms with van der Waals surface area (Å²) in [7, 11) is 2.08. The van der Waals surface area contributed by atoms with Crippen LogP contribution in [-0.2, 0) is 6.54 Å². The quantitative estimate of drug-likeness (QED) is 0.773. The van der Waals surface area contributed by atoms with Gasteiger partial charge in [0.25, 0.3) is 0 Å². The second kappa shape index (κ2) is 4.19. The van der Waals surface area contributed by atoms with Crippen molar-refractivity contribution >= 4 is 5.69 Å². The summed E-state index contributed by atoms with van der Waals surface area (Å²) in [5, 5.41) is 0. The molecule has 0 aliphatic heterocycles. The minimum Gasteiger partial charge on any atom is -0.396 e. The van der Waals surface area contributed by atoms with Gasteiger partial charge in [-0.05, 0) is 31.5 Å². The third-order valence-electron chi connectivity index (χ3n) is 3.26. The van der Waals surface area contributed by atoms with Gasteiger partial charge in [-0.1, -0.05) is 18.6 Å². The number of nitrogens with zero attached hydrogens (tertiary/aromatic N) is 1. The maximum absolute atomic E-state index is 13.2. The van der Waals surface area contributed by atoms with Crippen LogP contribution in [0.4, 0.5) is 10.1 Å². The highest BCUT2D eigenvalue weighted by molar-refractivity contribution is 5.47. The fourth-order valence-corrected chi connectivity index (χ4v) is 1.94. The molecule has 2 N–H and O–H groups in total. The Hall–Kier alpha value is -1.09. The molecule has 0 heterocycles. The molecule has 2 nitrogen and oxygen atoms in total. The SMILES string of the molecule is CN(Cc1cccc(F)c1N)C1CCC1.